The Labute approximate surface area is 120 Å². The first-order chi connectivity index (χ1) is 9.26. The van der Waals surface area contributed by atoms with E-state index in [1.807, 2.05) is 24.3 Å². The van der Waals surface area contributed by atoms with Gasteiger partial charge in [-0.1, -0.05) is 40.2 Å². The summed E-state index contributed by atoms with van der Waals surface area (Å²) in [7, 11) is 0. The molecule has 1 N–H and O–H groups in total. The second kappa shape index (κ2) is 5.19. The van der Waals surface area contributed by atoms with Crippen LogP contribution in [0.25, 0.3) is 10.9 Å². The average molecular weight is 316 g/mol. The summed E-state index contributed by atoms with van der Waals surface area (Å²) in [4.78, 5) is 0. The van der Waals surface area contributed by atoms with Gasteiger partial charge in [0, 0.05) is 22.7 Å². The predicted molar refractivity (Wildman–Crippen MR) is 81.1 cm³/mol. The van der Waals surface area contributed by atoms with E-state index in [1.165, 1.54) is 10.9 Å². The van der Waals surface area contributed by atoms with Gasteiger partial charge in [-0.15, -0.1) is 0 Å². The molecule has 96 valence electrons. The fourth-order valence-electron chi connectivity index (χ4n) is 2.30. The number of nitrogens with zero attached hydrogens (tertiary/aromatic N) is 1. The number of aromatic nitrogens is 1. The highest BCUT2D eigenvalue weighted by atomic mass is 79.9. The van der Waals surface area contributed by atoms with Crippen molar-refractivity contribution in [3.63, 3.8) is 0 Å². The third kappa shape index (κ3) is 2.57. The Hall–Kier alpha value is -1.58. The van der Waals surface area contributed by atoms with Crippen molar-refractivity contribution in [2.24, 2.45) is 0 Å². The molecule has 1 aromatic heterocycles. The molecular formula is C16H14BrNO. The van der Waals surface area contributed by atoms with Crippen molar-refractivity contribution >= 4 is 26.8 Å². The third-order valence-corrected chi connectivity index (χ3v) is 3.76. The topological polar surface area (TPSA) is 25.2 Å². The monoisotopic (exact) mass is 315 g/mol. The lowest BCUT2D eigenvalue weighted by molar-refractivity contribution is 0.282. The zero-order valence-corrected chi connectivity index (χ0v) is 12.0. The molecule has 0 amide bonds. The maximum Gasteiger partial charge on any atom is 0.0682 e. The summed E-state index contributed by atoms with van der Waals surface area (Å²) >= 11 is 3.50. The molecule has 0 bridgehead atoms. The fraction of sp³-hybridized carbons (Fsp3) is 0.125. The smallest absolute Gasteiger partial charge is 0.0682 e. The highest BCUT2D eigenvalue weighted by molar-refractivity contribution is 9.10. The van der Waals surface area contributed by atoms with E-state index in [0.717, 1.165) is 22.1 Å². The molecule has 19 heavy (non-hydrogen) atoms. The maximum absolute atomic E-state index is 9.24. The first-order valence-corrected chi connectivity index (χ1v) is 6.98. The summed E-state index contributed by atoms with van der Waals surface area (Å²) in [5.74, 6) is 0. The van der Waals surface area contributed by atoms with Crippen LogP contribution in [-0.2, 0) is 13.2 Å². The van der Waals surface area contributed by atoms with E-state index in [-0.39, 0.29) is 6.61 Å². The molecule has 0 unspecified atom stereocenters. The van der Waals surface area contributed by atoms with Gasteiger partial charge >= 0.3 is 0 Å². The molecule has 0 spiro atoms. The van der Waals surface area contributed by atoms with Gasteiger partial charge in [0.15, 0.2) is 0 Å². The van der Waals surface area contributed by atoms with Crippen molar-refractivity contribution < 1.29 is 5.11 Å². The molecule has 3 heteroatoms. The Bertz CT molecular complexity index is 718. The van der Waals surface area contributed by atoms with Crippen LogP contribution in [0.1, 0.15) is 11.1 Å². The quantitative estimate of drug-likeness (QED) is 0.778. The van der Waals surface area contributed by atoms with Crippen molar-refractivity contribution in [2.45, 2.75) is 13.2 Å². The Morgan fingerprint density at radius 1 is 1.00 bits per heavy atom. The normalized spacial score (nSPS) is 11.1. The number of benzene rings is 2. The van der Waals surface area contributed by atoms with Crippen molar-refractivity contribution in [3.8, 4) is 0 Å². The predicted octanol–water partition coefficient (Wildman–Crippen LogP) is 3.94. The van der Waals surface area contributed by atoms with Gasteiger partial charge in [-0.3, -0.25) is 0 Å². The van der Waals surface area contributed by atoms with E-state index in [1.54, 1.807) is 0 Å². The fourth-order valence-corrected chi connectivity index (χ4v) is 2.74. The number of hydrogen-bond acceptors (Lipinski definition) is 1. The van der Waals surface area contributed by atoms with Crippen LogP contribution < -0.4 is 0 Å². The Morgan fingerprint density at radius 3 is 2.68 bits per heavy atom. The molecule has 3 aromatic rings. The minimum absolute atomic E-state index is 0.0814. The molecule has 0 aliphatic carbocycles. The zero-order valence-electron chi connectivity index (χ0n) is 10.4. The third-order valence-electron chi connectivity index (χ3n) is 3.26. The number of fused-ring (bicyclic) bond motifs is 1. The van der Waals surface area contributed by atoms with Crippen LogP contribution in [0.5, 0.6) is 0 Å². The summed E-state index contributed by atoms with van der Waals surface area (Å²) in [6.45, 7) is 0.913. The van der Waals surface area contributed by atoms with Gasteiger partial charge < -0.3 is 9.67 Å². The molecular weight excluding hydrogens is 302 g/mol. The summed E-state index contributed by atoms with van der Waals surface area (Å²) in [6.07, 6.45) is 2.09. The summed E-state index contributed by atoms with van der Waals surface area (Å²) in [5.41, 5.74) is 3.36. The van der Waals surface area contributed by atoms with Gasteiger partial charge in [0.1, 0.15) is 0 Å². The first-order valence-electron chi connectivity index (χ1n) is 6.19. The van der Waals surface area contributed by atoms with Crippen LogP contribution in [0.4, 0.5) is 0 Å². The minimum atomic E-state index is 0.0814. The molecule has 0 atom stereocenters. The number of aliphatic hydroxyl groups is 1. The lowest BCUT2D eigenvalue weighted by Crippen LogP contribution is -1.98. The van der Waals surface area contributed by atoms with E-state index >= 15 is 0 Å². The molecule has 0 radical (unpaired) electrons. The van der Waals surface area contributed by atoms with Crippen LogP contribution >= 0.6 is 15.9 Å². The molecule has 0 fully saturated rings. The van der Waals surface area contributed by atoms with Crippen LogP contribution in [0.2, 0.25) is 0 Å². The molecule has 2 aromatic carbocycles. The lowest BCUT2D eigenvalue weighted by atomic mass is 10.1. The highest BCUT2D eigenvalue weighted by Crippen LogP contribution is 2.20. The molecule has 0 saturated heterocycles. The van der Waals surface area contributed by atoms with Gasteiger partial charge in [-0.2, -0.15) is 0 Å². The highest BCUT2D eigenvalue weighted by Gasteiger charge is 2.03. The Morgan fingerprint density at radius 2 is 1.89 bits per heavy atom. The molecule has 0 aliphatic rings. The van der Waals surface area contributed by atoms with Gasteiger partial charge in [0.2, 0.25) is 0 Å². The zero-order chi connectivity index (χ0) is 13.2. The van der Waals surface area contributed by atoms with Crippen molar-refractivity contribution in [2.75, 3.05) is 0 Å². The van der Waals surface area contributed by atoms with Crippen molar-refractivity contribution in [3.05, 3.63) is 70.3 Å². The maximum atomic E-state index is 9.24. The number of aliphatic hydroxyl groups excluding tert-OH is 1. The van der Waals surface area contributed by atoms with E-state index in [9.17, 15) is 5.11 Å². The standard InChI is InChI=1S/C16H14BrNO/c17-15-3-1-2-12(8-15)10-18-7-6-14-5-4-13(11-19)9-16(14)18/h1-9,19H,10-11H2. The second-order valence-electron chi connectivity index (χ2n) is 4.62. The van der Waals surface area contributed by atoms with Crippen LogP contribution in [0.15, 0.2) is 59.2 Å². The number of hydrogen-bond donors (Lipinski definition) is 1. The van der Waals surface area contributed by atoms with Crippen LogP contribution in [0, 0.1) is 0 Å². The number of halogens is 1. The van der Waals surface area contributed by atoms with E-state index in [0.29, 0.717) is 0 Å². The van der Waals surface area contributed by atoms with Crippen molar-refractivity contribution in [1.82, 2.24) is 4.57 Å². The first kappa shape index (κ1) is 12.5. The Balaban J connectivity index is 2.00. The van der Waals surface area contributed by atoms with Crippen LogP contribution in [0.3, 0.4) is 0 Å². The van der Waals surface area contributed by atoms with Gasteiger partial charge in [0.25, 0.3) is 0 Å². The summed E-state index contributed by atoms with van der Waals surface area (Å²) in [5, 5.41) is 10.4. The number of rotatable bonds is 3. The van der Waals surface area contributed by atoms with Crippen LogP contribution in [-0.4, -0.2) is 9.67 Å². The molecule has 1 heterocycles. The second-order valence-corrected chi connectivity index (χ2v) is 5.54. The van der Waals surface area contributed by atoms with Gasteiger partial charge in [-0.05, 0) is 40.8 Å². The lowest BCUT2D eigenvalue weighted by Gasteiger charge is -2.07. The minimum Gasteiger partial charge on any atom is -0.392 e. The Kier molecular flexibility index (Phi) is 3.40. The summed E-state index contributed by atoms with van der Waals surface area (Å²) in [6, 6.07) is 16.5. The molecule has 0 aliphatic heterocycles. The SMILES string of the molecule is OCc1ccc2ccn(Cc3cccc(Br)c3)c2c1. The van der Waals surface area contributed by atoms with E-state index in [4.69, 9.17) is 0 Å². The van der Waals surface area contributed by atoms with E-state index < -0.39 is 0 Å². The molecule has 0 saturated carbocycles. The molecule has 2 nitrogen and oxygen atoms in total. The van der Waals surface area contributed by atoms with E-state index in [2.05, 4.69) is 51.0 Å². The largest absolute Gasteiger partial charge is 0.392 e. The average Bonchev–Trinajstić information content (AvgIpc) is 2.81. The van der Waals surface area contributed by atoms with Gasteiger partial charge in [0.05, 0.1) is 6.61 Å². The van der Waals surface area contributed by atoms with Gasteiger partial charge in [-0.25, -0.2) is 0 Å². The van der Waals surface area contributed by atoms with Crippen molar-refractivity contribution in [1.29, 1.82) is 0 Å². The molecule has 3 rings (SSSR count). The summed E-state index contributed by atoms with van der Waals surface area (Å²) < 4.78 is 3.30.